The van der Waals surface area contributed by atoms with Gasteiger partial charge in [0, 0.05) is 12.2 Å². The van der Waals surface area contributed by atoms with E-state index in [4.69, 9.17) is 4.42 Å². The fourth-order valence-corrected chi connectivity index (χ4v) is 3.15. The predicted molar refractivity (Wildman–Crippen MR) is 87.9 cm³/mol. The van der Waals surface area contributed by atoms with E-state index in [1.54, 1.807) is 25.1 Å². The van der Waals surface area contributed by atoms with Gasteiger partial charge in [-0.25, -0.2) is 13.1 Å². The Morgan fingerprint density at radius 1 is 1.26 bits per heavy atom. The molecule has 0 spiro atoms. The van der Waals surface area contributed by atoms with Gasteiger partial charge in [-0.15, -0.1) is 0 Å². The minimum atomic E-state index is -3.57. The molecule has 1 aromatic carbocycles. The van der Waals surface area contributed by atoms with E-state index in [-0.39, 0.29) is 10.8 Å². The number of unbranched alkanes of at least 4 members (excludes halogenated alkanes) is 1. The molecule has 1 heterocycles. The molecule has 1 aromatic heterocycles. The number of aryl methyl sites for hydroxylation is 1. The highest BCUT2D eigenvalue weighted by Crippen LogP contribution is 2.17. The van der Waals surface area contributed by atoms with E-state index in [1.807, 2.05) is 6.92 Å². The van der Waals surface area contributed by atoms with Crippen molar-refractivity contribution >= 4 is 21.6 Å². The van der Waals surface area contributed by atoms with Crippen LogP contribution in [0.1, 0.15) is 35.9 Å². The van der Waals surface area contributed by atoms with Crippen molar-refractivity contribution in [2.75, 3.05) is 11.9 Å². The summed E-state index contributed by atoms with van der Waals surface area (Å²) in [6, 6.07) is 7.72. The second kappa shape index (κ2) is 7.43. The van der Waals surface area contributed by atoms with E-state index in [0.29, 0.717) is 23.6 Å². The quantitative estimate of drug-likeness (QED) is 0.761. The van der Waals surface area contributed by atoms with Crippen molar-refractivity contribution in [1.29, 1.82) is 0 Å². The van der Waals surface area contributed by atoms with Gasteiger partial charge < -0.3 is 9.73 Å². The van der Waals surface area contributed by atoms with Gasteiger partial charge in [0.05, 0.1) is 16.7 Å². The first-order chi connectivity index (χ1) is 10.9. The number of hydrogen-bond acceptors (Lipinski definition) is 4. The van der Waals surface area contributed by atoms with Gasteiger partial charge in [0.15, 0.2) is 0 Å². The van der Waals surface area contributed by atoms with E-state index in [1.165, 1.54) is 18.4 Å². The van der Waals surface area contributed by atoms with Crippen LogP contribution >= 0.6 is 0 Å². The maximum Gasteiger partial charge on any atom is 0.259 e. The molecule has 0 fully saturated rings. The molecule has 2 aromatic rings. The van der Waals surface area contributed by atoms with Gasteiger partial charge in [-0.1, -0.05) is 19.4 Å². The fourth-order valence-electron chi connectivity index (χ4n) is 2.03. The Balaban J connectivity index is 2.14. The van der Waals surface area contributed by atoms with Crippen LogP contribution in [-0.4, -0.2) is 20.9 Å². The Bertz CT molecular complexity index is 781. The van der Waals surface area contributed by atoms with Gasteiger partial charge in [0.1, 0.15) is 5.76 Å². The molecular formula is C16H20N2O4S. The summed E-state index contributed by atoms with van der Waals surface area (Å²) in [5, 5.41) is 2.67. The van der Waals surface area contributed by atoms with Crippen LogP contribution in [0.15, 0.2) is 45.9 Å². The monoisotopic (exact) mass is 336 g/mol. The Morgan fingerprint density at radius 3 is 2.70 bits per heavy atom. The standard InChI is InChI=1S/C16H20N2O4S/c1-3-4-9-17-23(20,21)14-7-5-6-13(11-14)18-16(19)15-8-10-22-12(15)2/h5-8,10-11,17H,3-4,9H2,1-2H3,(H,18,19). The predicted octanol–water partition coefficient (Wildman–Crippen LogP) is 2.92. The number of furan rings is 1. The molecule has 124 valence electrons. The first kappa shape index (κ1) is 17.2. The number of amides is 1. The summed E-state index contributed by atoms with van der Waals surface area (Å²) < 4.78 is 32.0. The highest BCUT2D eigenvalue weighted by atomic mass is 32.2. The van der Waals surface area contributed by atoms with Crippen molar-refractivity contribution in [3.05, 3.63) is 47.9 Å². The number of benzene rings is 1. The Morgan fingerprint density at radius 2 is 2.04 bits per heavy atom. The average molecular weight is 336 g/mol. The lowest BCUT2D eigenvalue weighted by atomic mass is 10.2. The second-order valence-corrected chi connectivity index (χ2v) is 6.89. The van der Waals surface area contributed by atoms with Gasteiger partial charge in [-0.3, -0.25) is 4.79 Å². The molecule has 2 rings (SSSR count). The van der Waals surface area contributed by atoms with Crippen molar-refractivity contribution in [3.63, 3.8) is 0 Å². The lowest BCUT2D eigenvalue weighted by Crippen LogP contribution is -2.24. The van der Waals surface area contributed by atoms with Gasteiger partial charge in [0.25, 0.3) is 5.91 Å². The van der Waals surface area contributed by atoms with E-state index < -0.39 is 10.0 Å². The SMILES string of the molecule is CCCCNS(=O)(=O)c1cccc(NC(=O)c2ccoc2C)c1. The maximum absolute atomic E-state index is 12.2. The molecule has 23 heavy (non-hydrogen) atoms. The summed E-state index contributed by atoms with van der Waals surface area (Å²) in [4.78, 5) is 12.3. The van der Waals surface area contributed by atoms with Gasteiger partial charge in [-0.2, -0.15) is 0 Å². The molecular weight excluding hydrogens is 316 g/mol. The van der Waals surface area contributed by atoms with Crippen LogP contribution in [0, 0.1) is 6.92 Å². The lowest BCUT2D eigenvalue weighted by molar-refractivity contribution is 0.102. The molecule has 0 saturated heterocycles. The largest absolute Gasteiger partial charge is 0.469 e. The number of rotatable bonds is 7. The van der Waals surface area contributed by atoms with Crippen LogP contribution in [0.25, 0.3) is 0 Å². The molecule has 0 saturated carbocycles. The minimum absolute atomic E-state index is 0.121. The molecule has 7 heteroatoms. The van der Waals surface area contributed by atoms with Crippen LogP contribution in [0.2, 0.25) is 0 Å². The third-order valence-corrected chi connectivity index (χ3v) is 4.79. The van der Waals surface area contributed by atoms with Crippen molar-refractivity contribution in [1.82, 2.24) is 4.72 Å². The van der Waals surface area contributed by atoms with Gasteiger partial charge in [0.2, 0.25) is 10.0 Å². The summed E-state index contributed by atoms with van der Waals surface area (Å²) >= 11 is 0. The number of anilines is 1. The summed E-state index contributed by atoms with van der Waals surface area (Å²) in [5.74, 6) is 0.164. The van der Waals surface area contributed by atoms with Crippen LogP contribution in [0.4, 0.5) is 5.69 Å². The first-order valence-electron chi connectivity index (χ1n) is 7.39. The van der Waals surface area contributed by atoms with E-state index >= 15 is 0 Å². The third-order valence-electron chi connectivity index (χ3n) is 3.33. The van der Waals surface area contributed by atoms with Crippen molar-refractivity contribution in [3.8, 4) is 0 Å². The Kier molecular flexibility index (Phi) is 5.57. The van der Waals surface area contributed by atoms with E-state index in [2.05, 4.69) is 10.0 Å². The van der Waals surface area contributed by atoms with Crippen molar-refractivity contribution in [2.45, 2.75) is 31.6 Å². The highest BCUT2D eigenvalue weighted by molar-refractivity contribution is 7.89. The van der Waals surface area contributed by atoms with Crippen molar-refractivity contribution in [2.24, 2.45) is 0 Å². The lowest BCUT2D eigenvalue weighted by Gasteiger charge is -2.09. The smallest absolute Gasteiger partial charge is 0.259 e. The third kappa shape index (κ3) is 4.43. The second-order valence-electron chi connectivity index (χ2n) is 5.12. The minimum Gasteiger partial charge on any atom is -0.469 e. The summed E-state index contributed by atoms with van der Waals surface area (Å²) in [6.45, 7) is 4.07. The molecule has 6 nitrogen and oxygen atoms in total. The van der Waals surface area contributed by atoms with E-state index in [0.717, 1.165) is 12.8 Å². The molecule has 0 unspecified atom stereocenters. The van der Waals surface area contributed by atoms with Crippen LogP contribution in [0.3, 0.4) is 0 Å². The van der Waals surface area contributed by atoms with Gasteiger partial charge in [-0.05, 0) is 37.6 Å². The molecule has 0 aliphatic rings. The molecule has 0 aliphatic heterocycles. The number of carbonyl (C=O) groups excluding carboxylic acids is 1. The Labute approximate surface area is 135 Å². The first-order valence-corrected chi connectivity index (χ1v) is 8.87. The molecule has 0 radical (unpaired) electrons. The normalized spacial score (nSPS) is 11.4. The van der Waals surface area contributed by atoms with E-state index in [9.17, 15) is 13.2 Å². The zero-order valence-electron chi connectivity index (χ0n) is 13.1. The van der Waals surface area contributed by atoms with Gasteiger partial charge >= 0.3 is 0 Å². The Hall–Kier alpha value is -2.12. The maximum atomic E-state index is 12.2. The molecule has 2 N–H and O–H groups in total. The number of sulfonamides is 1. The molecule has 0 atom stereocenters. The van der Waals surface area contributed by atoms with Crippen molar-refractivity contribution < 1.29 is 17.6 Å². The zero-order chi connectivity index (χ0) is 16.9. The summed E-state index contributed by atoms with van der Waals surface area (Å²) in [6.07, 6.45) is 3.11. The summed E-state index contributed by atoms with van der Waals surface area (Å²) in [5.41, 5.74) is 0.827. The molecule has 1 amide bonds. The topological polar surface area (TPSA) is 88.4 Å². The summed E-state index contributed by atoms with van der Waals surface area (Å²) in [7, 11) is -3.57. The number of carbonyl (C=O) groups is 1. The van der Waals surface area contributed by atoms with Crippen LogP contribution < -0.4 is 10.0 Å². The number of nitrogens with one attached hydrogen (secondary N) is 2. The average Bonchev–Trinajstić information content (AvgIpc) is 2.94. The number of hydrogen-bond donors (Lipinski definition) is 2. The van der Waals surface area contributed by atoms with Crippen LogP contribution in [-0.2, 0) is 10.0 Å². The molecule has 0 bridgehead atoms. The van der Waals surface area contributed by atoms with Crippen LogP contribution in [0.5, 0.6) is 0 Å². The highest BCUT2D eigenvalue weighted by Gasteiger charge is 2.15. The fraction of sp³-hybridized carbons (Fsp3) is 0.312. The molecule has 0 aliphatic carbocycles. The zero-order valence-corrected chi connectivity index (χ0v) is 13.9.